The first-order valence-corrected chi connectivity index (χ1v) is 7.21. The summed E-state index contributed by atoms with van der Waals surface area (Å²) in [6.45, 7) is 7.83. The van der Waals surface area contributed by atoms with Crippen molar-refractivity contribution in [1.29, 1.82) is 0 Å². The molecule has 20 heavy (non-hydrogen) atoms. The summed E-state index contributed by atoms with van der Waals surface area (Å²) < 4.78 is 24.4. The van der Waals surface area contributed by atoms with Crippen LogP contribution < -0.4 is 10.1 Å². The first-order chi connectivity index (χ1) is 9.65. The van der Waals surface area contributed by atoms with E-state index in [0.717, 1.165) is 31.7 Å². The summed E-state index contributed by atoms with van der Waals surface area (Å²) in [7, 11) is 0. The van der Waals surface area contributed by atoms with Gasteiger partial charge < -0.3 is 14.8 Å². The minimum absolute atomic E-state index is 0.331. The summed E-state index contributed by atoms with van der Waals surface area (Å²) in [4.78, 5) is 4.06. The maximum Gasteiger partial charge on any atom is 0.218 e. The third-order valence-electron chi connectivity index (χ3n) is 3.24. The summed E-state index contributed by atoms with van der Waals surface area (Å²) in [5.41, 5.74) is 0.768. The minimum atomic E-state index is -0.331. The van der Waals surface area contributed by atoms with E-state index in [1.54, 1.807) is 0 Å². The molecule has 2 heterocycles. The number of ether oxygens (including phenoxy) is 2. The van der Waals surface area contributed by atoms with E-state index in [1.165, 1.54) is 12.3 Å². The number of pyridine rings is 1. The fourth-order valence-electron chi connectivity index (χ4n) is 2.13. The maximum atomic E-state index is 13.3. The van der Waals surface area contributed by atoms with Gasteiger partial charge in [-0.05, 0) is 24.9 Å². The van der Waals surface area contributed by atoms with Gasteiger partial charge in [-0.3, -0.25) is 0 Å². The Kier molecular flexibility index (Phi) is 5.73. The van der Waals surface area contributed by atoms with Crippen LogP contribution in [-0.2, 0) is 11.3 Å². The molecule has 1 aliphatic rings. The van der Waals surface area contributed by atoms with Gasteiger partial charge in [-0.2, -0.15) is 0 Å². The molecule has 0 spiro atoms. The van der Waals surface area contributed by atoms with Gasteiger partial charge in [-0.25, -0.2) is 9.37 Å². The molecule has 1 fully saturated rings. The van der Waals surface area contributed by atoms with E-state index in [2.05, 4.69) is 24.1 Å². The number of hydrogen-bond donors (Lipinski definition) is 1. The van der Waals surface area contributed by atoms with Crippen molar-refractivity contribution in [3.8, 4) is 5.88 Å². The highest BCUT2D eigenvalue weighted by molar-refractivity contribution is 5.26. The second-order valence-electron chi connectivity index (χ2n) is 5.68. The van der Waals surface area contributed by atoms with E-state index in [9.17, 15) is 4.39 Å². The molecule has 0 radical (unpaired) electrons. The molecule has 1 unspecified atom stereocenters. The summed E-state index contributed by atoms with van der Waals surface area (Å²) in [6.07, 6.45) is 2.22. The third kappa shape index (κ3) is 4.72. The number of aromatic nitrogens is 1. The predicted molar refractivity (Wildman–Crippen MR) is 75.2 cm³/mol. The highest BCUT2D eigenvalue weighted by Crippen LogP contribution is 2.19. The molecule has 2 rings (SSSR count). The molecule has 0 saturated carbocycles. The Balaban J connectivity index is 1.91. The van der Waals surface area contributed by atoms with Crippen molar-refractivity contribution >= 4 is 0 Å². The second kappa shape index (κ2) is 7.55. The van der Waals surface area contributed by atoms with Crippen molar-refractivity contribution in [3.63, 3.8) is 0 Å². The average molecular weight is 282 g/mol. The molecule has 0 aromatic carbocycles. The van der Waals surface area contributed by atoms with E-state index in [-0.39, 0.29) is 5.82 Å². The Morgan fingerprint density at radius 2 is 2.40 bits per heavy atom. The molecular weight excluding hydrogens is 259 g/mol. The Morgan fingerprint density at radius 3 is 3.10 bits per heavy atom. The number of nitrogens with zero attached hydrogens (tertiary/aromatic N) is 1. The van der Waals surface area contributed by atoms with Gasteiger partial charge in [-0.1, -0.05) is 13.8 Å². The van der Waals surface area contributed by atoms with Crippen LogP contribution in [0.25, 0.3) is 0 Å². The summed E-state index contributed by atoms with van der Waals surface area (Å²) in [6, 6.07) is 1.49. The first kappa shape index (κ1) is 15.2. The molecule has 1 atom stereocenters. The van der Waals surface area contributed by atoms with Gasteiger partial charge in [0.05, 0.1) is 19.4 Å². The average Bonchev–Trinajstić information content (AvgIpc) is 2.90. The van der Waals surface area contributed by atoms with Gasteiger partial charge in [0.2, 0.25) is 5.88 Å². The maximum absolute atomic E-state index is 13.3. The van der Waals surface area contributed by atoms with Gasteiger partial charge >= 0.3 is 0 Å². The molecule has 5 heteroatoms. The SMILES string of the molecule is CC(C)CNCc1cc(F)cnc1OCC1CCOC1. The zero-order valence-electron chi connectivity index (χ0n) is 12.2. The standard InChI is InChI=1S/C15H23FN2O2/c1-11(2)6-17-7-13-5-14(16)8-18-15(13)20-10-12-3-4-19-9-12/h5,8,11-12,17H,3-4,6-7,9-10H2,1-2H3. The molecule has 112 valence electrons. The Labute approximate surface area is 119 Å². The Hall–Kier alpha value is -1.20. The summed E-state index contributed by atoms with van der Waals surface area (Å²) in [5.74, 6) is 1.16. The van der Waals surface area contributed by atoms with Gasteiger partial charge in [0.1, 0.15) is 5.82 Å². The van der Waals surface area contributed by atoms with Crippen molar-refractivity contribution in [2.75, 3.05) is 26.4 Å². The quantitative estimate of drug-likeness (QED) is 0.834. The lowest BCUT2D eigenvalue weighted by Crippen LogP contribution is -2.20. The van der Waals surface area contributed by atoms with E-state index in [0.29, 0.717) is 30.9 Å². The van der Waals surface area contributed by atoms with Crippen molar-refractivity contribution in [1.82, 2.24) is 10.3 Å². The van der Waals surface area contributed by atoms with Crippen LogP contribution in [0.1, 0.15) is 25.8 Å². The molecule has 1 saturated heterocycles. The van der Waals surface area contributed by atoms with E-state index in [4.69, 9.17) is 9.47 Å². The van der Waals surface area contributed by atoms with Crippen molar-refractivity contribution < 1.29 is 13.9 Å². The zero-order chi connectivity index (χ0) is 14.4. The van der Waals surface area contributed by atoms with Gasteiger partial charge in [-0.15, -0.1) is 0 Å². The molecular formula is C15H23FN2O2. The molecule has 4 nitrogen and oxygen atoms in total. The smallest absolute Gasteiger partial charge is 0.218 e. The van der Waals surface area contributed by atoms with Crippen LogP contribution in [0.3, 0.4) is 0 Å². The zero-order valence-corrected chi connectivity index (χ0v) is 12.2. The lowest BCUT2D eigenvalue weighted by molar-refractivity contribution is 0.165. The van der Waals surface area contributed by atoms with Crippen molar-refractivity contribution in [2.45, 2.75) is 26.8 Å². The number of halogens is 1. The highest BCUT2D eigenvalue weighted by Gasteiger charge is 2.17. The topological polar surface area (TPSA) is 43.4 Å². The van der Waals surface area contributed by atoms with Crippen LogP contribution in [-0.4, -0.2) is 31.3 Å². The van der Waals surface area contributed by atoms with E-state index in [1.807, 2.05) is 0 Å². The Morgan fingerprint density at radius 1 is 1.55 bits per heavy atom. The highest BCUT2D eigenvalue weighted by atomic mass is 19.1. The molecule has 0 amide bonds. The summed E-state index contributed by atoms with van der Waals surface area (Å²) in [5, 5.41) is 3.29. The van der Waals surface area contributed by atoms with Crippen molar-refractivity contribution in [3.05, 3.63) is 23.6 Å². The first-order valence-electron chi connectivity index (χ1n) is 7.21. The van der Waals surface area contributed by atoms with Crippen LogP contribution in [0.2, 0.25) is 0 Å². The van der Waals surface area contributed by atoms with Crippen molar-refractivity contribution in [2.24, 2.45) is 11.8 Å². The van der Waals surface area contributed by atoms with E-state index >= 15 is 0 Å². The molecule has 0 bridgehead atoms. The number of hydrogen-bond acceptors (Lipinski definition) is 4. The van der Waals surface area contributed by atoms with Crippen LogP contribution in [0, 0.1) is 17.7 Å². The van der Waals surface area contributed by atoms with Gasteiger partial charge in [0, 0.05) is 24.6 Å². The molecule has 1 aliphatic heterocycles. The third-order valence-corrected chi connectivity index (χ3v) is 3.24. The Bertz CT molecular complexity index is 420. The normalized spacial score (nSPS) is 18.7. The minimum Gasteiger partial charge on any atom is -0.477 e. The molecule has 1 aromatic heterocycles. The number of nitrogens with one attached hydrogen (secondary N) is 1. The predicted octanol–water partition coefficient (Wildman–Crippen LogP) is 2.38. The van der Waals surface area contributed by atoms with Gasteiger partial charge in [0.15, 0.2) is 0 Å². The molecule has 1 N–H and O–H groups in total. The monoisotopic (exact) mass is 282 g/mol. The number of rotatable bonds is 7. The molecule has 1 aromatic rings. The largest absolute Gasteiger partial charge is 0.477 e. The van der Waals surface area contributed by atoms with Crippen LogP contribution >= 0.6 is 0 Å². The lowest BCUT2D eigenvalue weighted by atomic mass is 10.1. The lowest BCUT2D eigenvalue weighted by Gasteiger charge is -2.14. The fourth-order valence-corrected chi connectivity index (χ4v) is 2.13. The van der Waals surface area contributed by atoms with Crippen LogP contribution in [0.5, 0.6) is 5.88 Å². The van der Waals surface area contributed by atoms with Crippen LogP contribution in [0.4, 0.5) is 4.39 Å². The van der Waals surface area contributed by atoms with Gasteiger partial charge in [0.25, 0.3) is 0 Å². The second-order valence-corrected chi connectivity index (χ2v) is 5.68. The van der Waals surface area contributed by atoms with E-state index < -0.39 is 0 Å². The molecule has 0 aliphatic carbocycles. The fraction of sp³-hybridized carbons (Fsp3) is 0.667. The van der Waals surface area contributed by atoms with Crippen LogP contribution in [0.15, 0.2) is 12.3 Å². The summed E-state index contributed by atoms with van der Waals surface area (Å²) >= 11 is 0.